The molecule has 4 bridgehead atoms. The summed E-state index contributed by atoms with van der Waals surface area (Å²) in [5, 5.41) is 17.8. The largest absolute Gasteiger partial charge is 0.444 e. The molecule has 1 amide bonds. The summed E-state index contributed by atoms with van der Waals surface area (Å²) in [6.45, 7) is 5.72. The maximum Gasteiger partial charge on any atom is 0.407 e. The Bertz CT molecular complexity index is 593. The van der Waals surface area contributed by atoms with Gasteiger partial charge in [-0.25, -0.2) is 4.79 Å². The van der Waals surface area contributed by atoms with E-state index in [9.17, 15) is 4.79 Å². The van der Waals surface area contributed by atoms with E-state index in [0.29, 0.717) is 17.3 Å². The molecule has 1 aromatic rings. The molecule has 0 saturated heterocycles. The number of aromatic amines is 1. The third-order valence-electron chi connectivity index (χ3n) is 6.01. The lowest BCUT2D eigenvalue weighted by Crippen LogP contribution is -2.60. The molecule has 0 aliphatic heterocycles. The Morgan fingerprint density at radius 2 is 2.00 bits per heavy atom. The van der Waals surface area contributed by atoms with Crippen LogP contribution in [-0.2, 0) is 11.2 Å². The minimum absolute atomic E-state index is 0.259. The van der Waals surface area contributed by atoms with Gasteiger partial charge >= 0.3 is 6.09 Å². The fourth-order valence-corrected chi connectivity index (χ4v) is 5.68. The number of amides is 1. The monoisotopic (exact) mass is 333 g/mol. The van der Waals surface area contributed by atoms with Crippen molar-refractivity contribution in [3.8, 4) is 0 Å². The SMILES string of the molecule is CC(C)(C)OC(=O)NC1C2CC3CC1CC(Cc1nn[nH]n1)(C3)C2. The Labute approximate surface area is 142 Å². The van der Waals surface area contributed by atoms with E-state index in [-0.39, 0.29) is 12.1 Å². The molecule has 0 spiro atoms. The highest BCUT2D eigenvalue weighted by Crippen LogP contribution is 2.60. The molecule has 2 N–H and O–H groups in total. The summed E-state index contributed by atoms with van der Waals surface area (Å²) < 4.78 is 5.47. The van der Waals surface area contributed by atoms with Gasteiger partial charge in [0.05, 0.1) is 0 Å². The predicted octanol–water partition coefficient (Wildman–Crippen LogP) is 2.46. The van der Waals surface area contributed by atoms with Gasteiger partial charge in [-0.2, -0.15) is 5.21 Å². The van der Waals surface area contributed by atoms with Crippen LogP contribution in [0.15, 0.2) is 0 Å². The zero-order chi connectivity index (χ0) is 16.9. The first kappa shape index (κ1) is 15.8. The number of carbonyl (C=O) groups excluding carboxylic acids is 1. The summed E-state index contributed by atoms with van der Waals surface area (Å²) in [6.07, 6.45) is 6.66. The molecule has 4 saturated carbocycles. The fraction of sp³-hybridized carbons (Fsp3) is 0.882. The molecule has 2 atom stereocenters. The van der Waals surface area contributed by atoms with Crippen LogP contribution in [0.2, 0.25) is 0 Å². The summed E-state index contributed by atoms with van der Waals surface area (Å²) >= 11 is 0. The van der Waals surface area contributed by atoms with Gasteiger partial charge < -0.3 is 10.1 Å². The Kier molecular flexibility index (Phi) is 3.58. The lowest BCUT2D eigenvalue weighted by atomic mass is 9.47. The number of nitrogens with one attached hydrogen (secondary N) is 2. The molecule has 132 valence electrons. The number of tetrazole rings is 1. The smallest absolute Gasteiger partial charge is 0.407 e. The van der Waals surface area contributed by atoms with Crippen LogP contribution in [-0.4, -0.2) is 38.4 Å². The van der Waals surface area contributed by atoms with Gasteiger partial charge in [0.2, 0.25) is 0 Å². The van der Waals surface area contributed by atoms with Crippen molar-refractivity contribution in [1.29, 1.82) is 0 Å². The van der Waals surface area contributed by atoms with Crippen LogP contribution in [0.1, 0.15) is 58.7 Å². The zero-order valence-electron chi connectivity index (χ0n) is 14.7. The first-order valence-electron chi connectivity index (χ1n) is 9.04. The molecule has 1 heterocycles. The molecule has 4 aliphatic carbocycles. The number of alkyl carbamates (subject to hydrolysis) is 1. The summed E-state index contributed by atoms with van der Waals surface area (Å²) in [5.74, 6) is 2.71. The zero-order valence-corrected chi connectivity index (χ0v) is 14.7. The normalized spacial score (nSPS) is 37.5. The lowest BCUT2D eigenvalue weighted by molar-refractivity contribution is -0.0776. The van der Waals surface area contributed by atoms with Gasteiger partial charge in [0.25, 0.3) is 0 Å². The van der Waals surface area contributed by atoms with Crippen molar-refractivity contribution in [2.75, 3.05) is 0 Å². The van der Waals surface area contributed by atoms with E-state index in [2.05, 4.69) is 25.9 Å². The van der Waals surface area contributed by atoms with Crippen molar-refractivity contribution in [1.82, 2.24) is 25.9 Å². The highest BCUT2D eigenvalue weighted by Gasteiger charge is 2.56. The van der Waals surface area contributed by atoms with Gasteiger partial charge in [0.15, 0.2) is 5.82 Å². The molecule has 7 nitrogen and oxygen atoms in total. The highest BCUT2D eigenvalue weighted by atomic mass is 16.6. The van der Waals surface area contributed by atoms with Gasteiger partial charge in [-0.1, -0.05) is 5.21 Å². The highest BCUT2D eigenvalue weighted by molar-refractivity contribution is 5.68. The summed E-state index contributed by atoms with van der Waals surface area (Å²) in [5.41, 5.74) is -0.150. The van der Waals surface area contributed by atoms with Crippen molar-refractivity contribution in [3.63, 3.8) is 0 Å². The molecule has 24 heavy (non-hydrogen) atoms. The summed E-state index contributed by atoms with van der Waals surface area (Å²) in [6, 6.07) is 0.259. The number of aromatic nitrogens is 4. The summed E-state index contributed by atoms with van der Waals surface area (Å²) in [7, 11) is 0. The second-order valence-corrected chi connectivity index (χ2v) is 9.15. The van der Waals surface area contributed by atoms with E-state index in [1.165, 1.54) is 19.3 Å². The first-order valence-corrected chi connectivity index (χ1v) is 9.04. The Balaban J connectivity index is 1.46. The first-order chi connectivity index (χ1) is 11.3. The average Bonchev–Trinajstić information content (AvgIpc) is 2.92. The topological polar surface area (TPSA) is 92.8 Å². The van der Waals surface area contributed by atoms with E-state index < -0.39 is 5.60 Å². The Hall–Kier alpha value is -1.66. The number of hydrogen-bond acceptors (Lipinski definition) is 5. The molecule has 0 aromatic carbocycles. The molecule has 0 radical (unpaired) electrons. The number of H-pyrrole nitrogens is 1. The second-order valence-electron chi connectivity index (χ2n) is 9.15. The number of hydrogen-bond donors (Lipinski definition) is 2. The Morgan fingerprint density at radius 1 is 1.29 bits per heavy atom. The van der Waals surface area contributed by atoms with Crippen LogP contribution < -0.4 is 5.32 Å². The van der Waals surface area contributed by atoms with E-state index in [1.807, 2.05) is 20.8 Å². The third kappa shape index (κ3) is 3.00. The van der Waals surface area contributed by atoms with Crippen LogP contribution in [0, 0.1) is 23.2 Å². The van der Waals surface area contributed by atoms with E-state index in [0.717, 1.165) is 31.0 Å². The minimum atomic E-state index is -0.449. The molecule has 4 aliphatic rings. The van der Waals surface area contributed by atoms with Crippen molar-refractivity contribution in [3.05, 3.63) is 5.82 Å². The standard InChI is InChI=1S/C17H27N5O2/c1-16(2,3)24-15(23)18-14-11-4-10-5-12(14)8-17(6-10,7-11)9-13-19-21-22-20-13/h10-12,14H,4-9H2,1-3H3,(H,18,23)(H,19,20,21,22). The van der Waals surface area contributed by atoms with Crippen molar-refractivity contribution in [2.24, 2.45) is 23.2 Å². The average molecular weight is 333 g/mol. The molecule has 4 fully saturated rings. The third-order valence-corrected chi connectivity index (χ3v) is 6.01. The molecule has 5 rings (SSSR count). The Morgan fingerprint density at radius 3 is 2.58 bits per heavy atom. The quantitative estimate of drug-likeness (QED) is 0.886. The number of nitrogens with zero attached hydrogens (tertiary/aromatic N) is 3. The lowest BCUT2D eigenvalue weighted by Gasteiger charge is -2.60. The minimum Gasteiger partial charge on any atom is -0.444 e. The van der Waals surface area contributed by atoms with Gasteiger partial charge in [0.1, 0.15) is 5.60 Å². The van der Waals surface area contributed by atoms with Gasteiger partial charge in [0, 0.05) is 12.5 Å². The van der Waals surface area contributed by atoms with Gasteiger partial charge in [-0.15, -0.1) is 10.2 Å². The van der Waals surface area contributed by atoms with Crippen LogP contribution >= 0.6 is 0 Å². The summed E-state index contributed by atoms with van der Waals surface area (Å²) in [4.78, 5) is 12.2. The van der Waals surface area contributed by atoms with Gasteiger partial charge in [-0.05, 0) is 76.0 Å². The molecule has 2 unspecified atom stereocenters. The van der Waals surface area contributed by atoms with Crippen molar-refractivity contribution < 1.29 is 9.53 Å². The number of rotatable bonds is 3. The van der Waals surface area contributed by atoms with E-state index >= 15 is 0 Å². The van der Waals surface area contributed by atoms with Gasteiger partial charge in [-0.3, -0.25) is 0 Å². The maximum atomic E-state index is 12.2. The molecular formula is C17H27N5O2. The van der Waals surface area contributed by atoms with Crippen molar-refractivity contribution >= 4 is 6.09 Å². The maximum absolute atomic E-state index is 12.2. The predicted molar refractivity (Wildman–Crippen MR) is 87.0 cm³/mol. The fourth-order valence-electron chi connectivity index (χ4n) is 5.68. The second kappa shape index (κ2) is 5.43. The van der Waals surface area contributed by atoms with Crippen LogP contribution in [0.5, 0.6) is 0 Å². The number of carbonyl (C=O) groups is 1. The molecule has 1 aromatic heterocycles. The van der Waals surface area contributed by atoms with Crippen LogP contribution in [0.3, 0.4) is 0 Å². The number of ether oxygens (including phenoxy) is 1. The molecular weight excluding hydrogens is 306 g/mol. The van der Waals surface area contributed by atoms with Crippen LogP contribution in [0.4, 0.5) is 4.79 Å². The van der Waals surface area contributed by atoms with Crippen LogP contribution in [0.25, 0.3) is 0 Å². The van der Waals surface area contributed by atoms with E-state index in [1.54, 1.807) is 0 Å². The van der Waals surface area contributed by atoms with E-state index in [4.69, 9.17) is 4.74 Å². The molecule has 7 heteroatoms. The van der Waals surface area contributed by atoms with Crippen molar-refractivity contribution in [2.45, 2.75) is 70.9 Å².